The Morgan fingerprint density at radius 3 is 3.00 bits per heavy atom. The van der Waals surface area contributed by atoms with Crippen LogP contribution in [0.1, 0.15) is 25.1 Å². The van der Waals surface area contributed by atoms with Gasteiger partial charge in [-0.05, 0) is 37.6 Å². The highest BCUT2D eigenvalue weighted by molar-refractivity contribution is 5.83. The summed E-state index contributed by atoms with van der Waals surface area (Å²) >= 11 is 0. The lowest BCUT2D eigenvalue weighted by Gasteiger charge is -2.12. The Balaban J connectivity index is 2.35. The molecular weight excluding hydrogens is 243 g/mol. The lowest BCUT2D eigenvalue weighted by molar-refractivity contribution is 0.646. The van der Waals surface area contributed by atoms with Gasteiger partial charge in [0, 0.05) is 12.1 Å². The highest BCUT2D eigenvalue weighted by atomic mass is 19.1. The fraction of sp³-hybridized carbons (Fsp3) is 0.214. The molecule has 0 bridgehead atoms. The summed E-state index contributed by atoms with van der Waals surface area (Å²) in [6, 6.07) is 0. The molecule has 2 rings (SSSR count). The van der Waals surface area contributed by atoms with Crippen molar-refractivity contribution < 1.29 is 4.39 Å². The van der Waals surface area contributed by atoms with Gasteiger partial charge in [-0.1, -0.05) is 12.2 Å². The first-order chi connectivity index (χ1) is 9.02. The van der Waals surface area contributed by atoms with Gasteiger partial charge in [0.15, 0.2) is 5.82 Å². The highest BCUT2D eigenvalue weighted by Gasteiger charge is 2.16. The van der Waals surface area contributed by atoms with E-state index in [1.165, 1.54) is 17.7 Å². The van der Waals surface area contributed by atoms with Gasteiger partial charge in [0.25, 0.3) is 0 Å². The highest BCUT2D eigenvalue weighted by Crippen LogP contribution is 2.29. The van der Waals surface area contributed by atoms with Crippen LogP contribution in [0.2, 0.25) is 0 Å². The van der Waals surface area contributed by atoms with Gasteiger partial charge >= 0.3 is 0 Å². The summed E-state index contributed by atoms with van der Waals surface area (Å²) in [5.74, 6) is 0.319. The van der Waals surface area contributed by atoms with Crippen LogP contribution in [0.25, 0.3) is 11.6 Å². The van der Waals surface area contributed by atoms with Gasteiger partial charge in [-0.3, -0.25) is 5.10 Å². The number of allylic oxidation sites excluding steroid dienone is 4. The van der Waals surface area contributed by atoms with E-state index in [2.05, 4.69) is 22.1 Å². The number of anilines is 1. The van der Waals surface area contributed by atoms with Crippen LogP contribution in [0.15, 0.2) is 35.8 Å². The first kappa shape index (κ1) is 13.1. The number of halogens is 1. The first-order valence-corrected chi connectivity index (χ1v) is 6.01. The number of nitrogens with two attached hydrogens (primary N) is 1. The first-order valence-electron chi connectivity index (χ1n) is 6.01. The second-order valence-corrected chi connectivity index (χ2v) is 4.47. The van der Waals surface area contributed by atoms with Crippen molar-refractivity contribution in [2.45, 2.75) is 13.8 Å². The Labute approximate surface area is 111 Å². The molecule has 0 saturated heterocycles. The third-order valence-corrected chi connectivity index (χ3v) is 2.91. The van der Waals surface area contributed by atoms with Crippen molar-refractivity contribution in [3.05, 3.63) is 47.1 Å². The van der Waals surface area contributed by atoms with Crippen LogP contribution < -0.4 is 11.1 Å². The fourth-order valence-corrected chi connectivity index (χ4v) is 1.89. The molecule has 0 fully saturated rings. The third kappa shape index (κ3) is 2.59. The van der Waals surface area contributed by atoms with Crippen molar-refractivity contribution in [3.8, 4) is 0 Å². The number of hydrogen-bond donors (Lipinski definition) is 3. The Hall–Kier alpha value is -2.30. The van der Waals surface area contributed by atoms with Gasteiger partial charge in [0.1, 0.15) is 5.83 Å². The molecule has 5 heteroatoms. The summed E-state index contributed by atoms with van der Waals surface area (Å²) in [5.41, 5.74) is 9.15. The van der Waals surface area contributed by atoms with Gasteiger partial charge in [0.05, 0.1) is 11.4 Å². The smallest absolute Gasteiger partial charge is 0.156 e. The van der Waals surface area contributed by atoms with E-state index in [4.69, 9.17) is 5.73 Å². The third-order valence-electron chi connectivity index (χ3n) is 2.91. The van der Waals surface area contributed by atoms with E-state index in [0.717, 1.165) is 23.6 Å². The predicted octanol–water partition coefficient (Wildman–Crippen LogP) is 2.97. The van der Waals surface area contributed by atoms with Crippen molar-refractivity contribution >= 4 is 17.5 Å². The monoisotopic (exact) mass is 260 g/mol. The lowest BCUT2D eigenvalue weighted by atomic mass is 10.0. The van der Waals surface area contributed by atoms with Crippen LogP contribution >= 0.6 is 0 Å². The number of hydrogen-bond acceptors (Lipinski definition) is 3. The maximum atomic E-state index is 13.3. The molecule has 1 aromatic rings. The molecule has 100 valence electrons. The Bertz CT molecular complexity index is 605. The molecule has 4 N–H and O–H groups in total. The minimum atomic E-state index is -0.459. The van der Waals surface area contributed by atoms with Crippen LogP contribution in [0.5, 0.6) is 0 Å². The van der Waals surface area contributed by atoms with Crippen molar-refractivity contribution in [1.82, 2.24) is 10.2 Å². The van der Waals surface area contributed by atoms with E-state index in [9.17, 15) is 4.39 Å². The molecule has 0 amide bonds. The zero-order valence-electron chi connectivity index (χ0n) is 11.0. The normalized spacial score (nSPS) is 15.6. The Kier molecular flexibility index (Phi) is 3.55. The number of nitrogens with zero attached hydrogens (tertiary/aromatic N) is 1. The van der Waals surface area contributed by atoms with E-state index in [0.29, 0.717) is 5.57 Å². The number of rotatable bonds is 3. The summed E-state index contributed by atoms with van der Waals surface area (Å²) in [7, 11) is 0. The quantitative estimate of drug-likeness (QED) is 0.732. The SMILES string of the molecule is C=C(/C=C(N)\C(F)=C/C)c1[nH]nc2c1C=C(C)CN2. The van der Waals surface area contributed by atoms with Crippen LogP contribution in [0.4, 0.5) is 10.2 Å². The summed E-state index contributed by atoms with van der Waals surface area (Å²) in [6.07, 6.45) is 4.85. The van der Waals surface area contributed by atoms with E-state index < -0.39 is 5.83 Å². The van der Waals surface area contributed by atoms with Crippen molar-refractivity contribution in [2.24, 2.45) is 5.73 Å². The number of nitrogens with one attached hydrogen (secondary N) is 2. The van der Waals surface area contributed by atoms with E-state index in [-0.39, 0.29) is 5.70 Å². The molecule has 4 nitrogen and oxygen atoms in total. The topological polar surface area (TPSA) is 66.7 Å². The maximum Gasteiger partial charge on any atom is 0.156 e. The van der Waals surface area contributed by atoms with E-state index >= 15 is 0 Å². The minimum absolute atomic E-state index is 0.0559. The van der Waals surface area contributed by atoms with E-state index in [1.807, 2.05) is 13.0 Å². The zero-order chi connectivity index (χ0) is 14.0. The number of H-pyrrole nitrogens is 1. The molecule has 0 unspecified atom stereocenters. The van der Waals surface area contributed by atoms with Crippen LogP contribution in [-0.2, 0) is 0 Å². The average molecular weight is 260 g/mol. The molecule has 19 heavy (non-hydrogen) atoms. The predicted molar refractivity (Wildman–Crippen MR) is 76.9 cm³/mol. The van der Waals surface area contributed by atoms with Crippen molar-refractivity contribution in [2.75, 3.05) is 11.9 Å². The van der Waals surface area contributed by atoms with Gasteiger partial charge in [0.2, 0.25) is 0 Å². The Morgan fingerprint density at radius 1 is 1.58 bits per heavy atom. The average Bonchev–Trinajstić information content (AvgIpc) is 2.80. The summed E-state index contributed by atoms with van der Waals surface area (Å²) in [4.78, 5) is 0. The molecule has 1 aromatic heterocycles. The van der Waals surface area contributed by atoms with Crippen molar-refractivity contribution in [3.63, 3.8) is 0 Å². The number of aromatic nitrogens is 2. The molecule has 0 atom stereocenters. The largest absolute Gasteiger partial charge is 0.396 e. The van der Waals surface area contributed by atoms with Crippen LogP contribution in [0, 0.1) is 0 Å². The molecular formula is C14H17FN4. The standard InChI is InChI=1S/C14H17FN4/c1-4-11(15)12(16)6-9(3)13-10-5-8(2)7-17-14(10)19-18-13/h4-6H,3,7,16H2,1-2H3,(H2,17,18,19)/b11-4+,12-6+. The molecule has 0 aliphatic carbocycles. The number of aromatic amines is 1. The molecule has 0 radical (unpaired) electrons. The van der Waals surface area contributed by atoms with E-state index in [1.54, 1.807) is 6.92 Å². The van der Waals surface area contributed by atoms with Gasteiger partial charge in [-0.2, -0.15) is 5.10 Å². The summed E-state index contributed by atoms with van der Waals surface area (Å²) < 4.78 is 13.3. The molecule has 1 aliphatic heterocycles. The van der Waals surface area contributed by atoms with Crippen LogP contribution in [-0.4, -0.2) is 16.7 Å². The van der Waals surface area contributed by atoms with Gasteiger partial charge < -0.3 is 11.1 Å². The maximum absolute atomic E-state index is 13.3. The second kappa shape index (κ2) is 5.14. The van der Waals surface area contributed by atoms with Gasteiger partial charge in [-0.25, -0.2) is 4.39 Å². The van der Waals surface area contributed by atoms with Crippen LogP contribution in [0.3, 0.4) is 0 Å². The minimum Gasteiger partial charge on any atom is -0.396 e. The van der Waals surface area contributed by atoms with Gasteiger partial charge in [-0.15, -0.1) is 0 Å². The fourth-order valence-electron chi connectivity index (χ4n) is 1.89. The second-order valence-electron chi connectivity index (χ2n) is 4.47. The molecule has 0 saturated carbocycles. The molecule has 0 spiro atoms. The molecule has 1 aliphatic rings. The molecule has 2 heterocycles. The number of fused-ring (bicyclic) bond motifs is 1. The summed E-state index contributed by atoms with van der Waals surface area (Å²) in [5, 5.41) is 10.3. The summed E-state index contributed by atoms with van der Waals surface area (Å²) in [6.45, 7) is 8.30. The van der Waals surface area contributed by atoms with Crippen molar-refractivity contribution in [1.29, 1.82) is 0 Å². The zero-order valence-corrected chi connectivity index (χ0v) is 11.0. The molecule has 0 aromatic carbocycles. The lowest BCUT2D eigenvalue weighted by Crippen LogP contribution is -2.08. The Morgan fingerprint density at radius 2 is 2.32 bits per heavy atom.